The summed E-state index contributed by atoms with van der Waals surface area (Å²) in [4.78, 5) is 12.9. The number of nitrogens with zero attached hydrogens (tertiary/aromatic N) is 1. The van der Waals surface area contributed by atoms with Gasteiger partial charge in [-0.3, -0.25) is 4.79 Å². The van der Waals surface area contributed by atoms with Gasteiger partial charge in [-0.2, -0.15) is 0 Å². The van der Waals surface area contributed by atoms with Crippen LogP contribution in [0.25, 0.3) is 0 Å². The fourth-order valence-corrected chi connectivity index (χ4v) is 1.16. The Bertz CT molecular complexity index is 310. The molecule has 0 aliphatic carbocycles. The number of anilines is 2. The highest BCUT2D eigenvalue weighted by molar-refractivity contribution is 5.95. The average molecular weight is 178 g/mol. The number of nitrogen functional groups attached to an aromatic ring is 1. The molecule has 0 aliphatic heterocycles. The van der Waals surface area contributed by atoms with Gasteiger partial charge in [0.25, 0.3) is 0 Å². The number of hydrogen-bond acceptors (Lipinski definition) is 2. The van der Waals surface area contributed by atoms with Crippen molar-refractivity contribution in [2.75, 3.05) is 17.7 Å². The second-order valence-electron chi connectivity index (χ2n) is 2.87. The Labute approximate surface area is 78.2 Å². The Morgan fingerprint density at radius 3 is 2.62 bits per heavy atom. The lowest BCUT2D eigenvalue weighted by Gasteiger charge is -2.17. The van der Waals surface area contributed by atoms with Crippen LogP contribution >= 0.6 is 0 Å². The van der Waals surface area contributed by atoms with Crippen LogP contribution in [0.2, 0.25) is 0 Å². The van der Waals surface area contributed by atoms with E-state index >= 15 is 0 Å². The van der Waals surface area contributed by atoms with Crippen molar-refractivity contribution in [3.05, 3.63) is 24.3 Å². The van der Waals surface area contributed by atoms with E-state index in [-0.39, 0.29) is 5.91 Å². The number of para-hydroxylation sites is 2. The molecular weight excluding hydrogens is 164 g/mol. The van der Waals surface area contributed by atoms with Crippen molar-refractivity contribution < 1.29 is 4.79 Å². The molecule has 0 unspecified atom stereocenters. The van der Waals surface area contributed by atoms with Crippen molar-refractivity contribution in [2.24, 2.45) is 0 Å². The molecule has 0 atom stereocenters. The molecule has 0 saturated carbocycles. The minimum Gasteiger partial charge on any atom is -0.397 e. The highest BCUT2D eigenvalue weighted by atomic mass is 16.2. The van der Waals surface area contributed by atoms with Crippen LogP contribution in [0.15, 0.2) is 24.3 Å². The van der Waals surface area contributed by atoms with Crippen molar-refractivity contribution in [1.82, 2.24) is 0 Å². The van der Waals surface area contributed by atoms with E-state index in [4.69, 9.17) is 5.73 Å². The molecule has 0 heterocycles. The summed E-state index contributed by atoms with van der Waals surface area (Å²) >= 11 is 0. The normalized spacial score (nSPS) is 9.69. The summed E-state index contributed by atoms with van der Waals surface area (Å²) < 4.78 is 0. The molecule has 1 aromatic rings. The zero-order chi connectivity index (χ0) is 9.84. The standard InChI is InChI=1S/C10H14N2O/c1-3-10(13)12(2)9-7-5-4-6-8(9)11/h4-7H,3,11H2,1-2H3. The van der Waals surface area contributed by atoms with Gasteiger partial charge in [0.1, 0.15) is 0 Å². The molecular formula is C10H14N2O. The minimum absolute atomic E-state index is 0.0675. The lowest BCUT2D eigenvalue weighted by Crippen LogP contribution is -2.25. The molecule has 13 heavy (non-hydrogen) atoms. The van der Waals surface area contributed by atoms with E-state index in [0.717, 1.165) is 5.69 Å². The SMILES string of the molecule is CCC(=O)N(C)c1ccccc1N. The average Bonchev–Trinajstić information content (AvgIpc) is 2.16. The first-order valence-corrected chi connectivity index (χ1v) is 4.28. The molecule has 3 heteroatoms. The molecule has 0 saturated heterocycles. The Kier molecular flexibility index (Phi) is 2.90. The molecule has 70 valence electrons. The number of hydrogen-bond donors (Lipinski definition) is 1. The summed E-state index contributed by atoms with van der Waals surface area (Å²) in [5.41, 5.74) is 7.12. The first kappa shape index (κ1) is 9.58. The van der Waals surface area contributed by atoms with Crippen molar-refractivity contribution in [3.8, 4) is 0 Å². The number of nitrogens with two attached hydrogens (primary N) is 1. The smallest absolute Gasteiger partial charge is 0.226 e. The third-order valence-electron chi connectivity index (χ3n) is 1.97. The highest BCUT2D eigenvalue weighted by Crippen LogP contribution is 2.21. The molecule has 2 N–H and O–H groups in total. The first-order chi connectivity index (χ1) is 6.16. The molecule has 0 radical (unpaired) electrons. The van der Waals surface area contributed by atoms with E-state index in [2.05, 4.69) is 0 Å². The van der Waals surface area contributed by atoms with Gasteiger partial charge >= 0.3 is 0 Å². The van der Waals surface area contributed by atoms with Crippen LogP contribution in [-0.2, 0) is 4.79 Å². The Hall–Kier alpha value is -1.51. The second-order valence-corrected chi connectivity index (χ2v) is 2.87. The van der Waals surface area contributed by atoms with Gasteiger partial charge in [0.15, 0.2) is 0 Å². The Morgan fingerprint density at radius 1 is 1.46 bits per heavy atom. The number of amides is 1. The van der Waals surface area contributed by atoms with Crippen molar-refractivity contribution in [3.63, 3.8) is 0 Å². The maximum atomic E-state index is 11.3. The number of rotatable bonds is 2. The summed E-state index contributed by atoms with van der Waals surface area (Å²) in [6, 6.07) is 7.34. The first-order valence-electron chi connectivity index (χ1n) is 4.28. The monoisotopic (exact) mass is 178 g/mol. The van der Waals surface area contributed by atoms with Crippen molar-refractivity contribution in [1.29, 1.82) is 0 Å². The summed E-state index contributed by atoms with van der Waals surface area (Å²) in [5, 5.41) is 0. The fourth-order valence-electron chi connectivity index (χ4n) is 1.16. The maximum Gasteiger partial charge on any atom is 0.226 e. The van der Waals surface area contributed by atoms with Gasteiger partial charge in [0.2, 0.25) is 5.91 Å². The molecule has 0 bridgehead atoms. The van der Waals surface area contributed by atoms with Gasteiger partial charge in [-0.05, 0) is 12.1 Å². The Balaban J connectivity index is 2.95. The lowest BCUT2D eigenvalue weighted by molar-refractivity contribution is -0.118. The summed E-state index contributed by atoms with van der Waals surface area (Å²) in [6.45, 7) is 1.83. The lowest BCUT2D eigenvalue weighted by atomic mass is 10.2. The van der Waals surface area contributed by atoms with Gasteiger partial charge in [0.05, 0.1) is 11.4 Å². The van der Waals surface area contributed by atoms with Crippen LogP contribution in [0, 0.1) is 0 Å². The van der Waals surface area contributed by atoms with Gasteiger partial charge in [-0.1, -0.05) is 19.1 Å². The Morgan fingerprint density at radius 2 is 2.08 bits per heavy atom. The van der Waals surface area contributed by atoms with Gasteiger partial charge in [0, 0.05) is 13.5 Å². The molecule has 0 spiro atoms. The van der Waals surface area contributed by atoms with Crippen LogP contribution in [-0.4, -0.2) is 13.0 Å². The highest BCUT2D eigenvalue weighted by Gasteiger charge is 2.09. The molecule has 1 aromatic carbocycles. The molecule has 1 rings (SSSR count). The minimum atomic E-state index is 0.0675. The molecule has 3 nitrogen and oxygen atoms in total. The van der Waals surface area contributed by atoms with Gasteiger partial charge in [-0.15, -0.1) is 0 Å². The number of carbonyl (C=O) groups excluding carboxylic acids is 1. The third-order valence-corrected chi connectivity index (χ3v) is 1.97. The van der Waals surface area contributed by atoms with E-state index in [0.29, 0.717) is 12.1 Å². The summed E-state index contributed by atoms with van der Waals surface area (Å²) in [7, 11) is 1.73. The quantitative estimate of drug-likeness (QED) is 0.700. The van der Waals surface area contributed by atoms with Crippen LogP contribution in [0.4, 0.5) is 11.4 Å². The topological polar surface area (TPSA) is 46.3 Å². The largest absolute Gasteiger partial charge is 0.397 e. The van der Waals surface area contributed by atoms with Crippen molar-refractivity contribution in [2.45, 2.75) is 13.3 Å². The molecule has 0 fully saturated rings. The fraction of sp³-hybridized carbons (Fsp3) is 0.300. The molecule has 1 amide bonds. The van der Waals surface area contributed by atoms with E-state index in [9.17, 15) is 4.79 Å². The predicted molar refractivity (Wildman–Crippen MR) is 54.6 cm³/mol. The number of carbonyl (C=O) groups is 1. The van der Waals surface area contributed by atoms with Crippen LogP contribution in [0.3, 0.4) is 0 Å². The molecule has 0 aromatic heterocycles. The predicted octanol–water partition coefficient (Wildman–Crippen LogP) is 1.64. The van der Waals surface area contributed by atoms with E-state index in [1.54, 1.807) is 18.0 Å². The van der Waals surface area contributed by atoms with Crippen LogP contribution < -0.4 is 10.6 Å². The zero-order valence-corrected chi connectivity index (χ0v) is 7.95. The van der Waals surface area contributed by atoms with E-state index < -0.39 is 0 Å². The second kappa shape index (κ2) is 3.94. The van der Waals surface area contributed by atoms with E-state index in [1.807, 2.05) is 25.1 Å². The van der Waals surface area contributed by atoms with Gasteiger partial charge in [-0.25, -0.2) is 0 Å². The van der Waals surface area contributed by atoms with Gasteiger partial charge < -0.3 is 10.6 Å². The molecule has 0 aliphatic rings. The summed E-state index contributed by atoms with van der Waals surface area (Å²) in [6.07, 6.45) is 0.491. The van der Waals surface area contributed by atoms with E-state index in [1.165, 1.54) is 0 Å². The van der Waals surface area contributed by atoms with Crippen molar-refractivity contribution >= 4 is 17.3 Å². The van der Waals surface area contributed by atoms with Crippen LogP contribution in [0.5, 0.6) is 0 Å². The maximum absolute atomic E-state index is 11.3. The number of benzene rings is 1. The summed E-state index contributed by atoms with van der Waals surface area (Å²) in [5.74, 6) is 0.0675. The third kappa shape index (κ3) is 1.99. The zero-order valence-electron chi connectivity index (χ0n) is 7.95. The van der Waals surface area contributed by atoms with Crippen LogP contribution in [0.1, 0.15) is 13.3 Å².